The van der Waals surface area contributed by atoms with Gasteiger partial charge in [-0.25, -0.2) is 0 Å². The summed E-state index contributed by atoms with van der Waals surface area (Å²) in [7, 11) is 1.61. The molecule has 0 spiro atoms. The number of pyridine rings is 1. The zero-order valence-corrected chi connectivity index (χ0v) is 17.2. The van der Waals surface area contributed by atoms with E-state index >= 15 is 0 Å². The summed E-state index contributed by atoms with van der Waals surface area (Å²) in [6.07, 6.45) is 1.82. The number of aromatic nitrogens is 1. The van der Waals surface area contributed by atoms with Crippen molar-refractivity contribution < 1.29 is 14.3 Å². The van der Waals surface area contributed by atoms with Gasteiger partial charge in [0.05, 0.1) is 13.7 Å². The molecule has 7 nitrogen and oxygen atoms in total. The van der Waals surface area contributed by atoms with Gasteiger partial charge in [-0.15, -0.1) is 0 Å². The Kier molecular flexibility index (Phi) is 4.98. The maximum Gasteiger partial charge on any atom is 0.263 e. The molecule has 2 bridgehead atoms. The number of piperidine rings is 1. The molecule has 0 aliphatic carbocycles. The Labute approximate surface area is 175 Å². The quantitative estimate of drug-likeness (QED) is 0.821. The molecule has 0 saturated carbocycles. The fraction of sp³-hybridized carbons (Fsp3) is 0.478. The van der Waals surface area contributed by atoms with Crippen LogP contribution in [0.2, 0.25) is 0 Å². The van der Waals surface area contributed by atoms with E-state index in [1.54, 1.807) is 18.1 Å². The second-order valence-corrected chi connectivity index (χ2v) is 8.42. The number of nitrogens with one attached hydrogen (secondary N) is 1. The molecule has 1 N–H and O–H groups in total. The van der Waals surface area contributed by atoms with E-state index < -0.39 is 0 Å². The minimum absolute atomic E-state index is 0.154. The number of benzene rings is 1. The Morgan fingerprint density at radius 1 is 1.23 bits per heavy atom. The fourth-order valence-corrected chi connectivity index (χ4v) is 5.02. The lowest BCUT2D eigenvalue weighted by atomic mass is 9.84. The van der Waals surface area contributed by atoms with Crippen molar-refractivity contribution in [2.45, 2.75) is 31.8 Å². The number of ether oxygens (including phenoxy) is 2. The van der Waals surface area contributed by atoms with Crippen LogP contribution in [0, 0.1) is 5.92 Å². The second-order valence-electron chi connectivity index (χ2n) is 8.42. The molecule has 1 saturated heterocycles. The van der Waals surface area contributed by atoms with Crippen LogP contribution in [0.4, 0.5) is 0 Å². The minimum Gasteiger partial charge on any atom is -0.493 e. The van der Waals surface area contributed by atoms with E-state index in [1.807, 2.05) is 28.8 Å². The van der Waals surface area contributed by atoms with E-state index in [0.29, 0.717) is 56.0 Å². The lowest BCUT2D eigenvalue weighted by Crippen LogP contribution is -2.46. The highest BCUT2D eigenvalue weighted by molar-refractivity contribution is 5.94. The molecular weight excluding hydrogens is 382 g/mol. The van der Waals surface area contributed by atoms with Gasteiger partial charge in [0.1, 0.15) is 5.56 Å². The number of carbonyl (C=O) groups is 1. The highest BCUT2D eigenvalue weighted by Gasteiger charge is 2.32. The van der Waals surface area contributed by atoms with Crippen molar-refractivity contribution in [3.63, 3.8) is 0 Å². The maximum atomic E-state index is 13.4. The zero-order valence-electron chi connectivity index (χ0n) is 17.2. The largest absolute Gasteiger partial charge is 0.493 e. The Hall–Kier alpha value is -2.80. The van der Waals surface area contributed by atoms with Crippen molar-refractivity contribution in [2.75, 3.05) is 33.4 Å². The van der Waals surface area contributed by atoms with Gasteiger partial charge in [-0.1, -0.05) is 12.1 Å². The molecule has 3 aliphatic heterocycles. The standard InChI is InChI=1S/C23H27N3O4/c1-29-20-5-2-4-16-14-25(8-3-9-30-21(16)20)22(27)18-6-7-19-17-10-15(11-24-12-17)13-26(19)23(18)28/h2,4-7,15,17,24H,3,8-14H2,1H3/t15-,17+/m0/s1. The average Bonchev–Trinajstić information content (AvgIpc) is 2.74. The molecule has 7 heteroatoms. The molecule has 2 aromatic rings. The summed E-state index contributed by atoms with van der Waals surface area (Å²) in [5.41, 5.74) is 2.05. The van der Waals surface area contributed by atoms with Crippen molar-refractivity contribution in [2.24, 2.45) is 5.92 Å². The summed E-state index contributed by atoms with van der Waals surface area (Å²) in [6.45, 7) is 3.95. The van der Waals surface area contributed by atoms with Gasteiger partial charge in [0.25, 0.3) is 11.5 Å². The number of methoxy groups -OCH3 is 1. The van der Waals surface area contributed by atoms with Crippen LogP contribution < -0.4 is 20.3 Å². The molecule has 5 rings (SSSR count). The zero-order chi connectivity index (χ0) is 20.7. The Balaban J connectivity index is 1.47. The number of fused-ring (bicyclic) bond motifs is 5. The van der Waals surface area contributed by atoms with Crippen LogP contribution in [-0.4, -0.2) is 48.7 Å². The molecule has 0 unspecified atom stereocenters. The molecule has 4 heterocycles. The van der Waals surface area contributed by atoms with E-state index in [9.17, 15) is 9.59 Å². The predicted octanol–water partition coefficient (Wildman–Crippen LogP) is 1.99. The lowest BCUT2D eigenvalue weighted by molar-refractivity contribution is 0.0718. The molecule has 1 amide bonds. The van der Waals surface area contributed by atoms with Crippen LogP contribution in [0.25, 0.3) is 0 Å². The first-order chi connectivity index (χ1) is 14.7. The summed E-state index contributed by atoms with van der Waals surface area (Å²) >= 11 is 0. The summed E-state index contributed by atoms with van der Waals surface area (Å²) < 4.78 is 13.2. The van der Waals surface area contributed by atoms with Gasteiger partial charge >= 0.3 is 0 Å². The maximum absolute atomic E-state index is 13.4. The van der Waals surface area contributed by atoms with Gasteiger partial charge in [-0.05, 0) is 43.5 Å². The molecule has 0 radical (unpaired) electrons. The summed E-state index contributed by atoms with van der Waals surface area (Å²) in [6, 6.07) is 9.40. The smallest absolute Gasteiger partial charge is 0.263 e. The van der Waals surface area contributed by atoms with Crippen molar-refractivity contribution in [1.29, 1.82) is 0 Å². The van der Waals surface area contributed by atoms with Gasteiger partial charge in [-0.2, -0.15) is 0 Å². The molecular formula is C23H27N3O4. The number of hydrogen-bond donors (Lipinski definition) is 1. The highest BCUT2D eigenvalue weighted by atomic mass is 16.5. The lowest BCUT2D eigenvalue weighted by Gasteiger charge is -2.37. The normalized spacial score (nSPS) is 22.8. The topological polar surface area (TPSA) is 72.8 Å². The fourth-order valence-electron chi connectivity index (χ4n) is 5.02. The summed E-state index contributed by atoms with van der Waals surface area (Å²) in [4.78, 5) is 28.4. The Morgan fingerprint density at radius 3 is 3.00 bits per heavy atom. The number of carbonyl (C=O) groups excluding carboxylic acids is 1. The van der Waals surface area contributed by atoms with E-state index in [0.717, 1.165) is 30.8 Å². The molecule has 158 valence electrons. The monoisotopic (exact) mass is 409 g/mol. The molecule has 1 aromatic carbocycles. The molecule has 1 aromatic heterocycles. The summed E-state index contributed by atoms with van der Waals surface area (Å²) in [5.74, 6) is 1.95. The third-order valence-corrected chi connectivity index (χ3v) is 6.49. The highest BCUT2D eigenvalue weighted by Crippen LogP contribution is 2.34. The first kappa shape index (κ1) is 19.2. The van der Waals surface area contributed by atoms with Gasteiger partial charge < -0.3 is 24.3 Å². The van der Waals surface area contributed by atoms with Crippen LogP contribution in [0.15, 0.2) is 35.1 Å². The number of amides is 1. The first-order valence-electron chi connectivity index (χ1n) is 10.7. The third-order valence-electron chi connectivity index (χ3n) is 6.49. The molecule has 2 atom stereocenters. The SMILES string of the molecule is COc1cccc2c1OCCCN(C(=O)c1ccc3n(c1=O)C[C@@H]1CNC[C@H]3C1)C2. The van der Waals surface area contributed by atoms with Crippen LogP contribution in [0.5, 0.6) is 11.5 Å². The number of nitrogens with zero attached hydrogens (tertiary/aromatic N) is 2. The molecule has 1 fully saturated rings. The number of hydrogen-bond acceptors (Lipinski definition) is 5. The van der Waals surface area contributed by atoms with Crippen LogP contribution >= 0.6 is 0 Å². The van der Waals surface area contributed by atoms with Gasteiger partial charge in [0.15, 0.2) is 11.5 Å². The number of rotatable bonds is 2. The Morgan fingerprint density at radius 2 is 2.13 bits per heavy atom. The van der Waals surface area contributed by atoms with E-state index in [2.05, 4.69) is 5.32 Å². The van der Waals surface area contributed by atoms with Gasteiger partial charge in [0.2, 0.25) is 0 Å². The van der Waals surface area contributed by atoms with Gasteiger partial charge in [-0.3, -0.25) is 9.59 Å². The minimum atomic E-state index is -0.208. The van der Waals surface area contributed by atoms with E-state index in [1.165, 1.54) is 0 Å². The van der Waals surface area contributed by atoms with Gasteiger partial charge in [0, 0.05) is 43.4 Å². The van der Waals surface area contributed by atoms with Crippen molar-refractivity contribution in [1.82, 2.24) is 14.8 Å². The van der Waals surface area contributed by atoms with E-state index in [-0.39, 0.29) is 17.0 Å². The van der Waals surface area contributed by atoms with Crippen molar-refractivity contribution in [3.8, 4) is 11.5 Å². The third kappa shape index (κ3) is 3.27. The van der Waals surface area contributed by atoms with E-state index in [4.69, 9.17) is 9.47 Å². The first-order valence-corrected chi connectivity index (χ1v) is 10.7. The second kappa shape index (κ2) is 7.80. The molecule has 30 heavy (non-hydrogen) atoms. The van der Waals surface area contributed by atoms with Crippen LogP contribution in [-0.2, 0) is 13.1 Å². The average molecular weight is 409 g/mol. The van der Waals surface area contributed by atoms with Crippen LogP contribution in [0.3, 0.4) is 0 Å². The number of para-hydroxylation sites is 1. The van der Waals surface area contributed by atoms with Crippen molar-refractivity contribution in [3.05, 3.63) is 57.5 Å². The van der Waals surface area contributed by atoms with Crippen LogP contribution in [0.1, 0.15) is 40.4 Å². The molecule has 3 aliphatic rings. The Bertz CT molecular complexity index is 1030. The summed E-state index contributed by atoms with van der Waals surface area (Å²) in [5, 5.41) is 3.46. The predicted molar refractivity (Wildman–Crippen MR) is 112 cm³/mol. The van der Waals surface area contributed by atoms with Crippen molar-refractivity contribution >= 4 is 5.91 Å².